The van der Waals surface area contributed by atoms with Crippen LogP contribution < -0.4 is 10.2 Å². The summed E-state index contributed by atoms with van der Waals surface area (Å²) in [5.41, 5.74) is 0.666. The largest absolute Gasteiger partial charge is 0.324 e. The normalized spacial score (nSPS) is 10.3. The molecule has 0 unspecified atom stereocenters. The first-order valence-corrected chi connectivity index (χ1v) is 7.44. The highest BCUT2D eigenvalue weighted by Gasteiger charge is 2.16. The minimum Gasteiger partial charge on any atom is -0.324 e. The van der Waals surface area contributed by atoms with E-state index >= 15 is 0 Å². The van der Waals surface area contributed by atoms with Crippen LogP contribution in [0.2, 0.25) is 0 Å². The Kier molecular flexibility index (Phi) is 5.44. The molecule has 0 aromatic heterocycles. The van der Waals surface area contributed by atoms with Crippen molar-refractivity contribution in [1.82, 2.24) is 0 Å². The molecular weight excluding hydrogens is 370 g/mol. The van der Waals surface area contributed by atoms with Gasteiger partial charge in [0.1, 0.15) is 6.54 Å². The van der Waals surface area contributed by atoms with Gasteiger partial charge in [0.15, 0.2) is 11.6 Å². The highest BCUT2D eigenvalue weighted by Crippen LogP contribution is 2.20. The zero-order valence-electron chi connectivity index (χ0n) is 12.1. The lowest BCUT2D eigenvalue weighted by Crippen LogP contribution is -2.36. The zero-order chi connectivity index (χ0) is 17.0. The second-order valence-electron chi connectivity index (χ2n) is 4.76. The molecule has 23 heavy (non-hydrogen) atoms. The van der Waals surface area contributed by atoms with Gasteiger partial charge in [-0.2, -0.15) is 0 Å². The van der Waals surface area contributed by atoms with Gasteiger partial charge in [0.05, 0.1) is 0 Å². The van der Waals surface area contributed by atoms with Crippen molar-refractivity contribution in [3.63, 3.8) is 0 Å². The molecule has 0 atom stereocenters. The van der Waals surface area contributed by atoms with Crippen molar-refractivity contribution in [2.75, 3.05) is 16.8 Å². The number of hydrogen-bond acceptors (Lipinski definition) is 2. The molecule has 0 saturated heterocycles. The Morgan fingerprint density at radius 2 is 1.87 bits per heavy atom. The topological polar surface area (TPSA) is 49.4 Å². The van der Waals surface area contributed by atoms with Crippen LogP contribution in [0.3, 0.4) is 0 Å². The van der Waals surface area contributed by atoms with E-state index in [1.807, 2.05) is 0 Å². The summed E-state index contributed by atoms with van der Waals surface area (Å²) in [6, 6.07) is 9.97. The lowest BCUT2D eigenvalue weighted by molar-refractivity contribution is -0.120. The molecule has 4 nitrogen and oxygen atoms in total. The van der Waals surface area contributed by atoms with Gasteiger partial charge in [-0.05, 0) is 30.3 Å². The van der Waals surface area contributed by atoms with E-state index in [1.54, 1.807) is 24.3 Å². The van der Waals surface area contributed by atoms with Gasteiger partial charge in [0, 0.05) is 28.8 Å². The number of amides is 2. The molecule has 0 heterocycles. The quantitative estimate of drug-likeness (QED) is 0.875. The van der Waals surface area contributed by atoms with Gasteiger partial charge in [-0.3, -0.25) is 9.59 Å². The predicted octanol–water partition coefficient (Wildman–Crippen LogP) is 3.72. The molecule has 0 aliphatic heterocycles. The van der Waals surface area contributed by atoms with Gasteiger partial charge in [0.2, 0.25) is 11.8 Å². The number of anilines is 2. The van der Waals surface area contributed by atoms with Crippen molar-refractivity contribution in [3.8, 4) is 0 Å². The lowest BCUT2D eigenvalue weighted by Gasteiger charge is -2.21. The maximum Gasteiger partial charge on any atom is 0.244 e. The Bertz CT molecular complexity index is 753. The van der Waals surface area contributed by atoms with Crippen molar-refractivity contribution >= 4 is 39.1 Å². The minimum atomic E-state index is -1.06. The first-order chi connectivity index (χ1) is 10.9. The van der Waals surface area contributed by atoms with Crippen LogP contribution >= 0.6 is 15.9 Å². The predicted molar refractivity (Wildman–Crippen MR) is 87.2 cm³/mol. The maximum absolute atomic E-state index is 13.1. The van der Waals surface area contributed by atoms with Crippen LogP contribution in [0.1, 0.15) is 6.92 Å². The fourth-order valence-electron chi connectivity index (χ4n) is 1.95. The summed E-state index contributed by atoms with van der Waals surface area (Å²) in [4.78, 5) is 25.1. The monoisotopic (exact) mass is 382 g/mol. The molecule has 0 bridgehead atoms. The summed E-state index contributed by atoms with van der Waals surface area (Å²) in [5.74, 6) is -2.89. The van der Waals surface area contributed by atoms with Crippen molar-refractivity contribution in [2.45, 2.75) is 6.92 Å². The van der Waals surface area contributed by atoms with Crippen molar-refractivity contribution in [2.24, 2.45) is 0 Å². The summed E-state index contributed by atoms with van der Waals surface area (Å²) >= 11 is 3.30. The van der Waals surface area contributed by atoms with E-state index in [2.05, 4.69) is 21.2 Å². The molecule has 1 N–H and O–H groups in total. The van der Waals surface area contributed by atoms with Gasteiger partial charge < -0.3 is 10.2 Å². The van der Waals surface area contributed by atoms with E-state index in [4.69, 9.17) is 0 Å². The van der Waals surface area contributed by atoms with Gasteiger partial charge in [-0.25, -0.2) is 8.78 Å². The minimum absolute atomic E-state index is 0.117. The SMILES string of the molecule is CC(=O)N(CC(=O)Nc1ccc(F)c(F)c1)c1cccc(Br)c1. The summed E-state index contributed by atoms with van der Waals surface area (Å²) < 4.78 is 26.8. The number of carbonyl (C=O) groups is 2. The molecule has 0 radical (unpaired) electrons. The van der Waals surface area contributed by atoms with Crippen molar-refractivity contribution in [3.05, 3.63) is 58.6 Å². The fraction of sp³-hybridized carbons (Fsp3) is 0.125. The van der Waals surface area contributed by atoms with Crippen LogP contribution in [0.5, 0.6) is 0 Å². The first kappa shape index (κ1) is 17.1. The summed E-state index contributed by atoms with van der Waals surface area (Å²) in [7, 11) is 0. The Labute approximate surface area is 140 Å². The van der Waals surface area contributed by atoms with E-state index in [0.717, 1.165) is 16.6 Å². The lowest BCUT2D eigenvalue weighted by atomic mass is 10.2. The molecule has 2 rings (SSSR count). The van der Waals surface area contributed by atoms with E-state index < -0.39 is 17.5 Å². The second-order valence-corrected chi connectivity index (χ2v) is 5.68. The standard InChI is InChI=1S/C16H13BrF2N2O2/c1-10(22)21(13-4-2-3-11(17)7-13)9-16(23)20-12-5-6-14(18)15(19)8-12/h2-8H,9H2,1H3,(H,20,23). The van der Waals surface area contributed by atoms with Gasteiger partial charge in [-0.1, -0.05) is 22.0 Å². The summed E-state index contributed by atoms with van der Waals surface area (Å²) in [6.45, 7) is 1.09. The zero-order valence-corrected chi connectivity index (χ0v) is 13.7. The fourth-order valence-corrected chi connectivity index (χ4v) is 2.33. The molecule has 2 amide bonds. The molecule has 0 spiro atoms. The first-order valence-electron chi connectivity index (χ1n) is 6.65. The van der Waals surface area contributed by atoms with Gasteiger partial charge in [-0.15, -0.1) is 0 Å². The average molecular weight is 383 g/mol. The number of halogens is 3. The summed E-state index contributed by atoms with van der Waals surface area (Å²) in [5, 5.41) is 2.43. The Morgan fingerprint density at radius 3 is 2.48 bits per heavy atom. The number of carbonyl (C=O) groups excluding carboxylic acids is 2. The van der Waals surface area contributed by atoms with Crippen LogP contribution in [0.25, 0.3) is 0 Å². The molecule has 0 aliphatic carbocycles. The smallest absolute Gasteiger partial charge is 0.244 e. The van der Waals surface area contributed by atoms with Crippen LogP contribution in [0.15, 0.2) is 46.9 Å². The van der Waals surface area contributed by atoms with E-state index in [-0.39, 0.29) is 18.1 Å². The number of nitrogens with zero attached hydrogens (tertiary/aromatic N) is 1. The second kappa shape index (κ2) is 7.32. The molecule has 120 valence electrons. The highest BCUT2D eigenvalue weighted by molar-refractivity contribution is 9.10. The number of rotatable bonds is 4. The Hall–Kier alpha value is -2.28. The molecule has 2 aromatic rings. The molecule has 2 aromatic carbocycles. The Balaban J connectivity index is 2.12. The number of benzene rings is 2. The van der Waals surface area contributed by atoms with E-state index in [9.17, 15) is 18.4 Å². The Morgan fingerprint density at radius 1 is 1.13 bits per heavy atom. The van der Waals surface area contributed by atoms with E-state index in [0.29, 0.717) is 5.69 Å². The van der Waals surface area contributed by atoms with Crippen LogP contribution in [0.4, 0.5) is 20.2 Å². The van der Waals surface area contributed by atoms with Gasteiger partial charge in [0.25, 0.3) is 0 Å². The highest BCUT2D eigenvalue weighted by atomic mass is 79.9. The van der Waals surface area contributed by atoms with Gasteiger partial charge >= 0.3 is 0 Å². The van der Waals surface area contributed by atoms with Crippen LogP contribution in [-0.4, -0.2) is 18.4 Å². The third-order valence-electron chi connectivity index (χ3n) is 3.01. The third kappa shape index (κ3) is 4.59. The molecule has 0 fully saturated rings. The number of nitrogens with one attached hydrogen (secondary N) is 1. The molecule has 7 heteroatoms. The van der Waals surface area contributed by atoms with Crippen molar-refractivity contribution < 1.29 is 18.4 Å². The molecule has 0 saturated carbocycles. The van der Waals surface area contributed by atoms with E-state index in [1.165, 1.54) is 17.9 Å². The maximum atomic E-state index is 13.1. The van der Waals surface area contributed by atoms with Crippen molar-refractivity contribution in [1.29, 1.82) is 0 Å². The average Bonchev–Trinajstić information content (AvgIpc) is 2.48. The summed E-state index contributed by atoms with van der Waals surface area (Å²) in [6.07, 6.45) is 0. The third-order valence-corrected chi connectivity index (χ3v) is 3.50. The van der Waals surface area contributed by atoms with Crippen LogP contribution in [0, 0.1) is 11.6 Å². The molecule has 0 aliphatic rings. The molecular formula is C16H13BrF2N2O2. The van der Waals surface area contributed by atoms with Crippen LogP contribution in [-0.2, 0) is 9.59 Å². The number of hydrogen-bond donors (Lipinski definition) is 1.